The van der Waals surface area contributed by atoms with E-state index in [1.54, 1.807) is 4.68 Å². The summed E-state index contributed by atoms with van der Waals surface area (Å²) < 4.78 is 1.64. The topological polar surface area (TPSA) is 95.2 Å². The van der Waals surface area contributed by atoms with Gasteiger partial charge in [-0.05, 0) is 43.2 Å². The molecule has 140 valence electrons. The van der Waals surface area contributed by atoms with Gasteiger partial charge in [0.2, 0.25) is 5.95 Å². The SMILES string of the molecule is Cc1cc(-n2ncc(C#N)c2Nc2nc3ccccc3[nH]2)nc2c(C)cccc12. The smallest absolute Gasteiger partial charge is 0.206 e. The third kappa shape index (κ3) is 2.78. The Labute approximate surface area is 166 Å². The summed E-state index contributed by atoms with van der Waals surface area (Å²) in [6.45, 7) is 4.09. The van der Waals surface area contributed by atoms with Crippen LogP contribution in [0.25, 0.3) is 27.8 Å². The van der Waals surface area contributed by atoms with E-state index in [4.69, 9.17) is 4.98 Å². The molecule has 0 saturated heterocycles. The zero-order chi connectivity index (χ0) is 20.0. The maximum atomic E-state index is 9.57. The van der Waals surface area contributed by atoms with Crippen LogP contribution in [0.3, 0.4) is 0 Å². The summed E-state index contributed by atoms with van der Waals surface area (Å²) in [5, 5.41) is 18.3. The van der Waals surface area contributed by atoms with Crippen LogP contribution in [0, 0.1) is 25.2 Å². The van der Waals surface area contributed by atoms with E-state index in [0.717, 1.165) is 33.1 Å². The van der Waals surface area contributed by atoms with Crippen LogP contribution in [0.5, 0.6) is 0 Å². The molecule has 7 nitrogen and oxygen atoms in total. The molecule has 0 aliphatic heterocycles. The van der Waals surface area contributed by atoms with E-state index in [0.29, 0.717) is 23.1 Å². The second-order valence-electron chi connectivity index (χ2n) is 6.93. The first kappa shape index (κ1) is 17.0. The molecule has 7 heteroatoms. The average molecular weight is 379 g/mol. The standard InChI is InChI=1S/C22H17N7/c1-13-6-5-7-16-14(2)10-19(27-20(13)16)29-21(15(11-23)12-24-29)28-22-25-17-8-3-4-9-18(17)26-22/h3-10,12H,1-2H3,(H2,25,26,28). The maximum Gasteiger partial charge on any atom is 0.206 e. The van der Waals surface area contributed by atoms with Gasteiger partial charge >= 0.3 is 0 Å². The van der Waals surface area contributed by atoms with Crippen molar-refractivity contribution in [2.24, 2.45) is 0 Å². The summed E-state index contributed by atoms with van der Waals surface area (Å²) >= 11 is 0. The number of H-pyrrole nitrogens is 1. The molecule has 29 heavy (non-hydrogen) atoms. The molecule has 0 radical (unpaired) electrons. The van der Waals surface area contributed by atoms with Crippen molar-refractivity contribution in [1.29, 1.82) is 5.26 Å². The summed E-state index contributed by atoms with van der Waals surface area (Å²) in [5.74, 6) is 1.70. The Morgan fingerprint density at radius 3 is 2.72 bits per heavy atom. The molecule has 0 spiro atoms. The van der Waals surface area contributed by atoms with E-state index >= 15 is 0 Å². The number of rotatable bonds is 3. The van der Waals surface area contributed by atoms with Crippen LogP contribution in [0.15, 0.2) is 54.7 Å². The number of hydrogen-bond donors (Lipinski definition) is 2. The first-order valence-corrected chi connectivity index (χ1v) is 9.21. The van der Waals surface area contributed by atoms with Gasteiger partial charge in [0.1, 0.15) is 11.6 Å². The average Bonchev–Trinajstić information content (AvgIpc) is 3.32. The lowest BCUT2D eigenvalue weighted by atomic mass is 10.1. The number of aromatic amines is 1. The maximum absolute atomic E-state index is 9.57. The third-order valence-corrected chi connectivity index (χ3v) is 4.97. The lowest BCUT2D eigenvalue weighted by Crippen LogP contribution is -2.07. The largest absolute Gasteiger partial charge is 0.324 e. The van der Waals surface area contributed by atoms with Gasteiger partial charge in [-0.3, -0.25) is 0 Å². The van der Waals surface area contributed by atoms with Crippen LogP contribution < -0.4 is 5.32 Å². The van der Waals surface area contributed by atoms with Crippen molar-refractivity contribution >= 4 is 33.7 Å². The zero-order valence-electron chi connectivity index (χ0n) is 15.9. The van der Waals surface area contributed by atoms with Gasteiger partial charge in [-0.15, -0.1) is 0 Å². The molecular formula is C22H17N7. The van der Waals surface area contributed by atoms with E-state index in [-0.39, 0.29) is 0 Å². The molecule has 3 aromatic heterocycles. The third-order valence-electron chi connectivity index (χ3n) is 4.97. The Kier molecular flexibility index (Phi) is 3.78. The van der Waals surface area contributed by atoms with Crippen LogP contribution in [0.2, 0.25) is 0 Å². The van der Waals surface area contributed by atoms with E-state index in [9.17, 15) is 5.26 Å². The fourth-order valence-electron chi connectivity index (χ4n) is 3.50. The number of fused-ring (bicyclic) bond motifs is 2. The van der Waals surface area contributed by atoms with Crippen molar-refractivity contribution in [3.05, 3.63) is 71.4 Å². The fourth-order valence-corrected chi connectivity index (χ4v) is 3.50. The first-order chi connectivity index (χ1) is 14.1. The number of imidazole rings is 1. The molecule has 0 atom stereocenters. The number of nitriles is 1. The molecular weight excluding hydrogens is 362 g/mol. The number of aryl methyl sites for hydroxylation is 2. The summed E-state index contributed by atoms with van der Waals surface area (Å²) in [4.78, 5) is 12.6. The Morgan fingerprint density at radius 1 is 1.03 bits per heavy atom. The Bertz CT molecular complexity index is 1390. The minimum atomic E-state index is 0.412. The van der Waals surface area contributed by atoms with E-state index in [1.807, 2.05) is 56.3 Å². The monoisotopic (exact) mass is 379 g/mol. The van der Waals surface area contributed by atoms with Crippen LogP contribution in [-0.2, 0) is 0 Å². The van der Waals surface area contributed by atoms with Crippen LogP contribution in [-0.4, -0.2) is 24.7 Å². The highest BCUT2D eigenvalue weighted by molar-refractivity contribution is 5.86. The Balaban J connectivity index is 1.65. The van der Waals surface area contributed by atoms with Crippen molar-refractivity contribution in [3.63, 3.8) is 0 Å². The van der Waals surface area contributed by atoms with Crippen molar-refractivity contribution in [1.82, 2.24) is 24.7 Å². The summed E-state index contributed by atoms with van der Waals surface area (Å²) in [5.41, 5.74) is 5.27. The van der Waals surface area contributed by atoms with Crippen molar-refractivity contribution in [2.45, 2.75) is 13.8 Å². The van der Waals surface area contributed by atoms with Gasteiger partial charge in [0, 0.05) is 5.39 Å². The molecule has 0 aliphatic carbocycles. The van der Waals surface area contributed by atoms with Gasteiger partial charge in [-0.2, -0.15) is 15.0 Å². The van der Waals surface area contributed by atoms with Crippen molar-refractivity contribution < 1.29 is 0 Å². The van der Waals surface area contributed by atoms with Crippen LogP contribution in [0.4, 0.5) is 11.8 Å². The highest BCUT2D eigenvalue weighted by Gasteiger charge is 2.16. The summed E-state index contributed by atoms with van der Waals surface area (Å²) in [7, 11) is 0. The predicted octanol–water partition coefficient (Wildman–Crippen LogP) is 4.53. The van der Waals surface area contributed by atoms with E-state index in [2.05, 4.69) is 32.5 Å². The van der Waals surface area contributed by atoms with Gasteiger partial charge in [-0.1, -0.05) is 30.3 Å². The number of anilines is 2. The molecule has 3 heterocycles. The van der Waals surface area contributed by atoms with Crippen molar-refractivity contribution in [2.75, 3.05) is 5.32 Å². The molecule has 0 bridgehead atoms. The minimum absolute atomic E-state index is 0.412. The van der Waals surface area contributed by atoms with E-state index in [1.165, 1.54) is 6.20 Å². The molecule has 0 amide bonds. The molecule has 0 unspecified atom stereocenters. The van der Waals surface area contributed by atoms with Crippen LogP contribution in [0.1, 0.15) is 16.7 Å². The molecule has 2 aromatic carbocycles. The van der Waals surface area contributed by atoms with Crippen LogP contribution >= 0.6 is 0 Å². The second-order valence-corrected chi connectivity index (χ2v) is 6.93. The van der Waals surface area contributed by atoms with Gasteiger partial charge < -0.3 is 10.3 Å². The Hall–Kier alpha value is -4.18. The number of pyridine rings is 1. The zero-order valence-corrected chi connectivity index (χ0v) is 15.9. The predicted molar refractivity (Wildman–Crippen MR) is 112 cm³/mol. The van der Waals surface area contributed by atoms with Crippen molar-refractivity contribution in [3.8, 4) is 11.9 Å². The number of aromatic nitrogens is 5. The van der Waals surface area contributed by atoms with Gasteiger partial charge in [0.25, 0.3) is 0 Å². The lowest BCUT2D eigenvalue weighted by molar-refractivity contribution is 0.857. The lowest BCUT2D eigenvalue weighted by Gasteiger charge is -2.11. The molecule has 0 fully saturated rings. The summed E-state index contributed by atoms with van der Waals surface area (Å²) in [6, 6.07) is 18.0. The number of nitrogens with zero attached hydrogens (tertiary/aromatic N) is 5. The van der Waals surface area contributed by atoms with Gasteiger partial charge in [0.15, 0.2) is 11.6 Å². The van der Waals surface area contributed by atoms with Gasteiger partial charge in [-0.25, -0.2) is 9.97 Å². The van der Waals surface area contributed by atoms with Gasteiger partial charge in [0.05, 0.1) is 22.7 Å². The minimum Gasteiger partial charge on any atom is -0.324 e. The first-order valence-electron chi connectivity index (χ1n) is 9.21. The second kappa shape index (κ2) is 6.46. The number of benzene rings is 2. The fraction of sp³-hybridized carbons (Fsp3) is 0.0909. The number of hydrogen-bond acceptors (Lipinski definition) is 5. The molecule has 0 saturated carbocycles. The Morgan fingerprint density at radius 2 is 1.90 bits per heavy atom. The quantitative estimate of drug-likeness (QED) is 0.480. The molecule has 5 aromatic rings. The normalized spacial score (nSPS) is 11.1. The number of para-hydroxylation sites is 3. The highest BCUT2D eigenvalue weighted by atomic mass is 15.4. The molecule has 5 rings (SSSR count). The summed E-state index contributed by atoms with van der Waals surface area (Å²) in [6.07, 6.45) is 1.53. The highest BCUT2D eigenvalue weighted by Crippen LogP contribution is 2.27. The number of nitrogens with one attached hydrogen (secondary N) is 2. The molecule has 2 N–H and O–H groups in total. The molecule has 0 aliphatic rings. The van der Waals surface area contributed by atoms with E-state index < -0.39 is 0 Å².